The number of hydrogen-bond donors (Lipinski definition) is 0. The van der Waals surface area contributed by atoms with Crippen LogP contribution in [-0.4, -0.2) is 22.4 Å². The van der Waals surface area contributed by atoms with Crippen molar-refractivity contribution < 1.29 is 4.79 Å². The van der Waals surface area contributed by atoms with Crippen LogP contribution in [0.5, 0.6) is 0 Å². The summed E-state index contributed by atoms with van der Waals surface area (Å²) in [5.74, 6) is 0.780. The molecule has 0 spiro atoms. The molecular formula is C8H8BrN3O. The second-order valence-corrected chi connectivity index (χ2v) is 3.66. The fourth-order valence-corrected chi connectivity index (χ4v) is 1.54. The Kier molecular flexibility index (Phi) is 2.26. The van der Waals surface area contributed by atoms with E-state index in [1.165, 1.54) is 0 Å². The van der Waals surface area contributed by atoms with Crippen molar-refractivity contribution in [3.63, 3.8) is 0 Å². The van der Waals surface area contributed by atoms with E-state index in [4.69, 9.17) is 0 Å². The highest BCUT2D eigenvalue weighted by Gasteiger charge is 2.22. The van der Waals surface area contributed by atoms with Gasteiger partial charge in [-0.2, -0.15) is 0 Å². The summed E-state index contributed by atoms with van der Waals surface area (Å²) in [6.45, 7) is 0.759. The van der Waals surface area contributed by atoms with E-state index in [1.54, 1.807) is 17.3 Å². The molecule has 4 nitrogen and oxygen atoms in total. The number of rotatable bonds is 1. The van der Waals surface area contributed by atoms with Crippen molar-refractivity contribution in [2.24, 2.45) is 0 Å². The molecule has 1 aliphatic rings. The lowest BCUT2D eigenvalue weighted by Crippen LogP contribution is -2.24. The third-order valence-electron chi connectivity index (χ3n) is 1.96. The van der Waals surface area contributed by atoms with Crippen LogP contribution in [0.25, 0.3) is 0 Å². The Labute approximate surface area is 84.1 Å². The summed E-state index contributed by atoms with van der Waals surface area (Å²) in [7, 11) is 0. The van der Waals surface area contributed by atoms with Gasteiger partial charge in [0, 0.05) is 13.0 Å². The standard InChI is InChI=1S/C8H8BrN3O/c9-6-4-11-7(5-10-6)12-3-1-2-8(12)13/h4-5H,1-3H2. The minimum Gasteiger partial charge on any atom is -0.296 e. The molecular weight excluding hydrogens is 234 g/mol. The second-order valence-electron chi connectivity index (χ2n) is 2.85. The van der Waals surface area contributed by atoms with E-state index in [0.29, 0.717) is 16.8 Å². The van der Waals surface area contributed by atoms with Gasteiger partial charge in [-0.25, -0.2) is 9.97 Å². The summed E-state index contributed by atoms with van der Waals surface area (Å²) in [5, 5.41) is 0. The number of carbonyl (C=O) groups is 1. The predicted molar refractivity (Wildman–Crippen MR) is 51.3 cm³/mol. The van der Waals surface area contributed by atoms with Crippen LogP contribution < -0.4 is 4.90 Å². The van der Waals surface area contributed by atoms with Crippen LogP contribution in [0, 0.1) is 0 Å². The monoisotopic (exact) mass is 241 g/mol. The molecule has 1 aromatic heterocycles. The largest absolute Gasteiger partial charge is 0.296 e. The van der Waals surface area contributed by atoms with Crippen molar-refractivity contribution in [2.75, 3.05) is 11.4 Å². The van der Waals surface area contributed by atoms with E-state index >= 15 is 0 Å². The van der Waals surface area contributed by atoms with Gasteiger partial charge in [-0.05, 0) is 22.4 Å². The van der Waals surface area contributed by atoms with Gasteiger partial charge in [-0.1, -0.05) is 0 Å². The third-order valence-corrected chi connectivity index (χ3v) is 2.37. The first-order valence-corrected chi connectivity index (χ1v) is 4.84. The van der Waals surface area contributed by atoms with Crippen molar-refractivity contribution in [1.29, 1.82) is 0 Å². The van der Waals surface area contributed by atoms with E-state index in [2.05, 4.69) is 25.9 Å². The van der Waals surface area contributed by atoms with Gasteiger partial charge in [0.2, 0.25) is 5.91 Å². The first-order valence-electron chi connectivity index (χ1n) is 4.05. The molecule has 1 amide bonds. The minimum atomic E-state index is 0.136. The zero-order valence-corrected chi connectivity index (χ0v) is 8.49. The maximum absolute atomic E-state index is 11.3. The number of aromatic nitrogens is 2. The van der Waals surface area contributed by atoms with Crippen LogP contribution in [0.15, 0.2) is 17.0 Å². The van der Waals surface area contributed by atoms with Crippen molar-refractivity contribution >= 4 is 27.7 Å². The molecule has 0 aromatic carbocycles. The van der Waals surface area contributed by atoms with Crippen molar-refractivity contribution in [3.8, 4) is 0 Å². The highest BCUT2D eigenvalue weighted by molar-refractivity contribution is 9.10. The van der Waals surface area contributed by atoms with E-state index in [1.807, 2.05) is 0 Å². The molecule has 0 atom stereocenters. The number of hydrogen-bond acceptors (Lipinski definition) is 3. The van der Waals surface area contributed by atoms with Crippen molar-refractivity contribution in [3.05, 3.63) is 17.0 Å². The van der Waals surface area contributed by atoms with Crippen LogP contribution in [0.2, 0.25) is 0 Å². The summed E-state index contributed by atoms with van der Waals surface area (Å²) in [5.41, 5.74) is 0. The Morgan fingerprint density at radius 3 is 2.77 bits per heavy atom. The lowest BCUT2D eigenvalue weighted by atomic mass is 10.4. The summed E-state index contributed by atoms with van der Waals surface area (Å²) < 4.78 is 0.683. The second kappa shape index (κ2) is 3.41. The number of anilines is 1. The van der Waals surface area contributed by atoms with Gasteiger partial charge in [-0.3, -0.25) is 9.69 Å². The van der Waals surface area contributed by atoms with Gasteiger partial charge in [0.1, 0.15) is 4.60 Å². The third kappa shape index (κ3) is 1.70. The van der Waals surface area contributed by atoms with Gasteiger partial charge < -0.3 is 0 Å². The SMILES string of the molecule is O=C1CCCN1c1cnc(Br)cn1. The molecule has 5 heteroatoms. The molecule has 0 bridgehead atoms. The predicted octanol–water partition coefficient (Wildman–Crippen LogP) is 1.37. The molecule has 2 rings (SSSR count). The molecule has 0 radical (unpaired) electrons. The zero-order valence-electron chi connectivity index (χ0n) is 6.90. The average Bonchev–Trinajstić information content (AvgIpc) is 2.53. The van der Waals surface area contributed by atoms with Gasteiger partial charge >= 0.3 is 0 Å². The van der Waals surface area contributed by atoms with Crippen LogP contribution in [0.1, 0.15) is 12.8 Å². The first-order chi connectivity index (χ1) is 6.27. The molecule has 1 fully saturated rings. The first kappa shape index (κ1) is 8.62. The normalized spacial score (nSPS) is 16.7. The summed E-state index contributed by atoms with van der Waals surface area (Å²) >= 11 is 3.19. The van der Waals surface area contributed by atoms with E-state index in [9.17, 15) is 4.79 Å². The number of carbonyl (C=O) groups excluding carboxylic acids is 1. The Hall–Kier alpha value is -0.970. The smallest absolute Gasteiger partial charge is 0.228 e. The summed E-state index contributed by atoms with van der Waals surface area (Å²) in [6, 6.07) is 0. The lowest BCUT2D eigenvalue weighted by Gasteiger charge is -2.12. The van der Waals surface area contributed by atoms with Crippen LogP contribution >= 0.6 is 15.9 Å². The Morgan fingerprint density at radius 2 is 2.23 bits per heavy atom. The summed E-state index contributed by atoms with van der Waals surface area (Å²) in [4.78, 5) is 21.1. The van der Waals surface area contributed by atoms with Crippen molar-refractivity contribution in [1.82, 2.24) is 9.97 Å². The van der Waals surface area contributed by atoms with Gasteiger partial charge in [0.25, 0.3) is 0 Å². The molecule has 0 unspecified atom stereocenters. The zero-order chi connectivity index (χ0) is 9.26. The average molecular weight is 242 g/mol. The van der Waals surface area contributed by atoms with Crippen LogP contribution in [0.3, 0.4) is 0 Å². The Balaban J connectivity index is 2.25. The lowest BCUT2D eigenvalue weighted by molar-refractivity contribution is -0.117. The topological polar surface area (TPSA) is 46.1 Å². The minimum absolute atomic E-state index is 0.136. The molecule has 2 heterocycles. The highest BCUT2D eigenvalue weighted by Crippen LogP contribution is 2.18. The Bertz CT molecular complexity index is 325. The molecule has 1 saturated heterocycles. The highest BCUT2D eigenvalue weighted by atomic mass is 79.9. The summed E-state index contributed by atoms with van der Waals surface area (Å²) in [6.07, 6.45) is 4.74. The van der Waals surface area contributed by atoms with Gasteiger partial charge in [-0.15, -0.1) is 0 Å². The maximum Gasteiger partial charge on any atom is 0.228 e. The molecule has 1 aromatic rings. The molecule has 68 valence electrons. The van der Waals surface area contributed by atoms with Gasteiger partial charge in [0.05, 0.1) is 12.4 Å². The van der Waals surface area contributed by atoms with Crippen molar-refractivity contribution in [2.45, 2.75) is 12.8 Å². The fraction of sp³-hybridized carbons (Fsp3) is 0.375. The van der Waals surface area contributed by atoms with Gasteiger partial charge in [0.15, 0.2) is 5.82 Å². The molecule has 0 saturated carbocycles. The Morgan fingerprint density at radius 1 is 1.38 bits per heavy atom. The molecule has 1 aliphatic heterocycles. The number of halogens is 1. The maximum atomic E-state index is 11.3. The number of nitrogens with zero attached hydrogens (tertiary/aromatic N) is 3. The van der Waals surface area contributed by atoms with Crippen LogP contribution in [0.4, 0.5) is 5.82 Å². The fourth-order valence-electron chi connectivity index (χ4n) is 1.34. The molecule has 13 heavy (non-hydrogen) atoms. The quantitative estimate of drug-likeness (QED) is 0.747. The molecule has 0 aliphatic carbocycles. The number of amides is 1. The van der Waals surface area contributed by atoms with Crippen LogP contribution in [-0.2, 0) is 4.79 Å². The van der Waals surface area contributed by atoms with E-state index in [0.717, 1.165) is 13.0 Å². The molecule has 0 N–H and O–H groups in total. The van der Waals surface area contributed by atoms with E-state index < -0.39 is 0 Å². The van der Waals surface area contributed by atoms with E-state index in [-0.39, 0.29) is 5.91 Å².